The molecule has 2 N–H and O–H groups in total. The summed E-state index contributed by atoms with van der Waals surface area (Å²) in [6.45, 7) is 1.78. The molecule has 0 spiro atoms. The molecule has 0 aliphatic carbocycles. The van der Waals surface area contributed by atoms with Gasteiger partial charge in [0.1, 0.15) is 18.5 Å². The molecule has 3 heterocycles. The van der Waals surface area contributed by atoms with Gasteiger partial charge in [-0.2, -0.15) is 5.10 Å². The summed E-state index contributed by atoms with van der Waals surface area (Å²) < 4.78 is 21.5. The van der Waals surface area contributed by atoms with Gasteiger partial charge in [-0.3, -0.25) is 14.2 Å². The zero-order valence-corrected chi connectivity index (χ0v) is 16.7. The topological polar surface area (TPSA) is 127 Å². The Balaban J connectivity index is 1.58. The fraction of sp³-hybridized carbons (Fsp3) is 0.316. The number of rotatable bonds is 7. The number of nitrogens with zero attached hydrogens (tertiary/aromatic N) is 6. The number of benzene rings is 1. The average Bonchev–Trinajstić information content (AvgIpc) is 3.44. The van der Waals surface area contributed by atoms with E-state index in [1.807, 2.05) is 4.90 Å². The van der Waals surface area contributed by atoms with Crippen LogP contribution in [0.2, 0.25) is 0 Å². The van der Waals surface area contributed by atoms with E-state index in [1.54, 1.807) is 7.11 Å². The van der Waals surface area contributed by atoms with Gasteiger partial charge in [-0.15, -0.1) is 0 Å². The van der Waals surface area contributed by atoms with E-state index in [-0.39, 0.29) is 12.2 Å². The van der Waals surface area contributed by atoms with Crippen LogP contribution < -0.4 is 15.8 Å². The Bertz CT molecular complexity index is 1160. The number of halogens is 1. The number of aromatic hydroxyl groups is 1. The zero-order valence-electron chi connectivity index (χ0n) is 16.7. The van der Waals surface area contributed by atoms with Gasteiger partial charge in [-0.1, -0.05) is 6.07 Å². The highest BCUT2D eigenvalue weighted by molar-refractivity contribution is 5.95. The maximum atomic E-state index is 13.7. The van der Waals surface area contributed by atoms with Crippen LogP contribution in [-0.4, -0.2) is 62.1 Å². The number of carbonyl (C=O) groups excluding carboxylic acids is 1. The first-order chi connectivity index (χ1) is 15.0. The summed E-state index contributed by atoms with van der Waals surface area (Å²) in [6, 6.07) is 4.03. The molecule has 0 saturated heterocycles. The third kappa shape index (κ3) is 3.97. The minimum Gasteiger partial charge on any atom is -0.501 e. The van der Waals surface area contributed by atoms with E-state index in [9.17, 15) is 19.1 Å². The van der Waals surface area contributed by atoms with Crippen molar-refractivity contribution in [3.63, 3.8) is 0 Å². The molecule has 3 aromatic rings. The largest absolute Gasteiger partial charge is 0.501 e. The van der Waals surface area contributed by atoms with Gasteiger partial charge in [0.2, 0.25) is 11.7 Å². The molecule has 1 aliphatic heterocycles. The molecular formula is C19H20FN7O4. The number of anilines is 1. The van der Waals surface area contributed by atoms with Gasteiger partial charge < -0.3 is 20.1 Å². The maximum absolute atomic E-state index is 13.7. The van der Waals surface area contributed by atoms with Crippen molar-refractivity contribution in [2.75, 3.05) is 31.7 Å². The van der Waals surface area contributed by atoms with Crippen molar-refractivity contribution in [2.45, 2.75) is 13.1 Å². The Morgan fingerprint density at radius 1 is 1.35 bits per heavy atom. The van der Waals surface area contributed by atoms with Crippen molar-refractivity contribution in [1.82, 2.24) is 29.6 Å². The second-order valence-corrected chi connectivity index (χ2v) is 6.84. The predicted octanol–water partition coefficient (Wildman–Crippen LogP) is 0.0651. The summed E-state index contributed by atoms with van der Waals surface area (Å²) in [5.74, 6) is -1.62. The van der Waals surface area contributed by atoms with Gasteiger partial charge in [0, 0.05) is 33.3 Å². The van der Waals surface area contributed by atoms with E-state index in [0.29, 0.717) is 43.4 Å². The molecule has 11 nitrogen and oxygen atoms in total. The van der Waals surface area contributed by atoms with Crippen LogP contribution in [0.1, 0.15) is 16.1 Å². The number of hydrogen-bond donors (Lipinski definition) is 2. The van der Waals surface area contributed by atoms with Gasteiger partial charge in [-0.25, -0.2) is 19.0 Å². The highest BCUT2D eigenvalue weighted by atomic mass is 19.1. The number of carbonyl (C=O) groups is 1. The third-order valence-corrected chi connectivity index (χ3v) is 4.93. The van der Waals surface area contributed by atoms with Crippen LogP contribution in [0.3, 0.4) is 0 Å². The fourth-order valence-electron chi connectivity index (χ4n) is 3.36. The Kier molecular flexibility index (Phi) is 5.62. The van der Waals surface area contributed by atoms with Crippen LogP contribution in [0.4, 0.5) is 10.3 Å². The summed E-state index contributed by atoms with van der Waals surface area (Å²) in [5.41, 5.74) is -0.0979. The van der Waals surface area contributed by atoms with Crippen molar-refractivity contribution >= 4 is 11.9 Å². The molecule has 1 amide bonds. The van der Waals surface area contributed by atoms with E-state index >= 15 is 0 Å². The van der Waals surface area contributed by atoms with Crippen molar-refractivity contribution < 1.29 is 19.0 Å². The Hall–Kier alpha value is -3.80. The number of fused-ring (bicyclic) bond motifs is 1. The molecule has 0 atom stereocenters. The number of hydrogen-bond acceptors (Lipinski definition) is 8. The Labute approximate surface area is 175 Å². The summed E-state index contributed by atoms with van der Waals surface area (Å²) in [6.07, 6.45) is 2.71. The molecule has 0 saturated carbocycles. The van der Waals surface area contributed by atoms with Gasteiger partial charge in [0.15, 0.2) is 5.69 Å². The number of nitrogens with one attached hydrogen (secondary N) is 1. The number of amides is 1. The Morgan fingerprint density at radius 2 is 2.19 bits per heavy atom. The quantitative estimate of drug-likeness (QED) is 0.540. The highest BCUT2D eigenvalue weighted by Gasteiger charge is 2.28. The summed E-state index contributed by atoms with van der Waals surface area (Å²) in [5, 5.41) is 16.9. The van der Waals surface area contributed by atoms with Gasteiger partial charge >= 0.3 is 0 Å². The van der Waals surface area contributed by atoms with E-state index in [0.717, 1.165) is 0 Å². The van der Waals surface area contributed by atoms with Crippen LogP contribution in [0.15, 0.2) is 35.6 Å². The second kappa shape index (κ2) is 8.52. The molecular weight excluding hydrogens is 409 g/mol. The van der Waals surface area contributed by atoms with Gasteiger partial charge in [-0.05, 0) is 17.7 Å². The first-order valence-electron chi connectivity index (χ1n) is 9.49. The molecule has 31 heavy (non-hydrogen) atoms. The lowest BCUT2D eigenvalue weighted by Gasteiger charge is -2.17. The normalized spacial score (nSPS) is 12.8. The number of aromatic nitrogens is 5. The molecule has 1 aliphatic rings. The lowest BCUT2D eigenvalue weighted by atomic mass is 10.1. The second-order valence-electron chi connectivity index (χ2n) is 6.84. The molecule has 162 valence electrons. The fourth-order valence-corrected chi connectivity index (χ4v) is 3.36. The number of ether oxygens (including phenoxy) is 1. The standard InChI is InChI=1S/C19H20FN7O4/c1-31-7-6-25-4-5-26-18(30)16(28)15(24-19(25)26)17(29)22-9-12-2-3-13(20)8-14(12)27-11-21-10-23-27/h2-3,8,10-11,28H,4-7,9H2,1H3,(H,22,29). The molecule has 2 aromatic heterocycles. The first-order valence-corrected chi connectivity index (χ1v) is 9.49. The molecule has 0 radical (unpaired) electrons. The van der Waals surface area contributed by atoms with Gasteiger partial charge in [0.25, 0.3) is 11.5 Å². The van der Waals surface area contributed by atoms with Crippen molar-refractivity contribution in [3.05, 3.63) is 58.3 Å². The van der Waals surface area contributed by atoms with E-state index in [2.05, 4.69) is 20.4 Å². The lowest BCUT2D eigenvalue weighted by Crippen LogP contribution is -2.31. The van der Waals surface area contributed by atoms with Crippen LogP contribution >= 0.6 is 0 Å². The number of methoxy groups -OCH3 is 1. The van der Waals surface area contributed by atoms with E-state index in [4.69, 9.17) is 4.74 Å². The van der Waals surface area contributed by atoms with Crippen LogP contribution in [0, 0.1) is 5.82 Å². The smallest absolute Gasteiger partial charge is 0.298 e. The molecule has 1 aromatic carbocycles. The zero-order chi connectivity index (χ0) is 22.0. The SMILES string of the molecule is COCCN1CCn2c1nc(C(=O)NCc1ccc(F)cc1-n1cncn1)c(O)c2=O. The van der Waals surface area contributed by atoms with Crippen LogP contribution in [0.5, 0.6) is 5.75 Å². The van der Waals surface area contributed by atoms with Gasteiger partial charge in [0.05, 0.1) is 12.3 Å². The maximum Gasteiger partial charge on any atom is 0.298 e. The molecule has 0 fully saturated rings. The summed E-state index contributed by atoms with van der Waals surface area (Å²) in [7, 11) is 1.56. The van der Waals surface area contributed by atoms with Crippen LogP contribution in [-0.2, 0) is 17.8 Å². The lowest BCUT2D eigenvalue weighted by molar-refractivity contribution is 0.0942. The summed E-state index contributed by atoms with van der Waals surface area (Å²) >= 11 is 0. The first kappa shape index (κ1) is 20.5. The van der Waals surface area contributed by atoms with Crippen molar-refractivity contribution in [2.24, 2.45) is 0 Å². The van der Waals surface area contributed by atoms with Crippen molar-refractivity contribution in [1.29, 1.82) is 0 Å². The van der Waals surface area contributed by atoms with Crippen LogP contribution in [0.25, 0.3) is 5.69 Å². The highest BCUT2D eigenvalue weighted by Crippen LogP contribution is 2.21. The van der Waals surface area contributed by atoms with Crippen molar-refractivity contribution in [3.8, 4) is 11.4 Å². The molecule has 4 rings (SSSR count). The minimum atomic E-state index is -0.731. The average molecular weight is 429 g/mol. The monoisotopic (exact) mass is 429 g/mol. The molecule has 0 unspecified atom stereocenters. The Morgan fingerprint density at radius 3 is 2.94 bits per heavy atom. The predicted molar refractivity (Wildman–Crippen MR) is 107 cm³/mol. The molecule has 0 bridgehead atoms. The van der Waals surface area contributed by atoms with E-state index < -0.39 is 23.0 Å². The summed E-state index contributed by atoms with van der Waals surface area (Å²) in [4.78, 5) is 35.1. The molecule has 12 heteroatoms. The third-order valence-electron chi connectivity index (χ3n) is 4.93. The van der Waals surface area contributed by atoms with E-state index in [1.165, 1.54) is 40.1 Å². The minimum absolute atomic E-state index is 0.0127.